The Kier molecular flexibility index (Phi) is 3.98. The SMILES string of the molecule is CCc1ccccc1/C=C\C1=CCCC=C1C. The third kappa shape index (κ3) is 2.97. The molecule has 0 aliphatic heterocycles. The van der Waals surface area contributed by atoms with E-state index in [1.807, 2.05) is 0 Å². The van der Waals surface area contributed by atoms with Crippen LogP contribution in [0.4, 0.5) is 0 Å². The molecule has 1 aromatic rings. The minimum absolute atomic E-state index is 1.09. The van der Waals surface area contributed by atoms with E-state index in [-0.39, 0.29) is 0 Å². The van der Waals surface area contributed by atoms with Crippen LogP contribution in [0.2, 0.25) is 0 Å². The van der Waals surface area contributed by atoms with Gasteiger partial charge in [0.15, 0.2) is 0 Å². The molecule has 2 rings (SSSR count). The van der Waals surface area contributed by atoms with Crippen molar-refractivity contribution in [1.29, 1.82) is 0 Å². The molecular formula is C17H20. The molecular weight excluding hydrogens is 204 g/mol. The van der Waals surface area contributed by atoms with Crippen molar-refractivity contribution < 1.29 is 0 Å². The van der Waals surface area contributed by atoms with Crippen molar-refractivity contribution in [3.05, 3.63) is 64.8 Å². The maximum absolute atomic E-state index is 2.33. The lowest BCUT2D eigenvalue weighted by Crippen LogP contribution is -1.89. The van der Waals surface area contributed by atoms with Crippen LogP contribution in [0.1, 0.15) is 37.8 Å². The van der Waals surface area contributed by atoms with Gasteiger partial charge in [0.05, 0.1) is 0 Å². The fourth-order valence-electron chi connectivity index (χ4n) is 2.22. The average molecular weight is 224 g/mol. The van der Waals surface area contributed by atoms with Crippen molar-refractivity contribution in [2.75, 3.05) is 0 Å². The van der Waals surface area contributed by atoms with E-state index in [1.54, 1.807) is 0 Å². The molecule has 0 amide bonds. The summed E-state index contributed by atoms with van der Waals surface area (Å²) in [6.07, 6.45) is 12.6. The molecule has 0 N–H and O–H groups in total. The standard InChI is InChI=1S/C17H20/c1-3-15-9-6-7-11-17(15)13-12-16-10-5-4-8-14(16)2/h6-13H,3-5H2,1-2H3/b13-12-. The maximum Gasteiger partial charge on any atom is -0.0224 e. The number of hydrogen-bond acceptors (Lipinski definition) is 0. The molecule has 1 aliphatic carbocycles. The molecule has 0 saturated carbocycles. The van der Waals surface area contributed by atoms with E-state index in [0.717, 1.165) is 6.42 Å². The normalized spacial score (nSPS) is 15.9. The van der Waals surface area contributed by atoms with Crippen LogP contribution in [0.15, 0.2) is 53.6 Å². The van der Waals surface area contributed by atoms with Crippen LogP contribution in [0.3, 0.4) is 0 Å². The first-order valence-corrected chi connectivity index (χ1v) is 6.44. The first-order valence-electron chi connectivity index (χ1n) is 6.44. The zero-order chi connectivity index (χ0) is 12.1. The van der Waals surface area contributed by atoms with E-state index in [4.69, 9.17) is 0 Å². The van der Waals surface area contributed by atoms with Gasteiger partial charge in [0.1, 0.15) is 0 Å². The van der Waals surface area contributed by atoms with Gasteiger partial charge in [-0.05, 0) is 48.5 Å². The van der Waals surface area contributed by atoms with Gasteiger partial charge in [0.25, 0.3) is 0 Å². The summed E-state index contributed by atoms with van der Waals surface area (Å²) in [5.74, 6) is 0. The van der Waals surface area contributed by atoms with Gasteiger partial charge in [0.2, 0.25) is 0 Å². The number of aryl methyl sites for hydroxylation is 1. The number of rotatable bonds is 3. The second kappa shape index (κ2) is 5.67. The van der Waals surface area contributed by atoms with Crippen molar-refractivity contribution in [2.45, 2.75) is 33.1 Å². The first-order chi connectivity index (χ1) is 8.31. The molecule has 88 valence electrons. The van der Waals surface area contributed by atoms with Crippen LogP contribution in [-0.2, 0) is 6.42 Å². The van der Waals surface area contributed by atoms with Gasteiger partial charge in [-0.1, -0.05) is 55.5 Å². The van der Waals surface area contributed by atoms with E-state index >= 15 is 0 Å². The molecule has 0 bridgehead atoms. The summed E-state index contributed by atoms with van der Waals surface area (Å²) >= 11 is 0. The minimum atomic E-state index is 1.09. The zero-order valence-corrected chi connectivity index (χ0v) is 10.7. The molecule has 0 radical (unpaired) electrons. The molecule has 0 fully saturated rings. The lowest BCUT2D eigenvalue weighted by atomic mass is 9.97. The highest BCUT2D eigenvalue weighted by molar-refractivity contribution is 5.59. The highest BCUT2D eigenvalue weighted by Gasteiger charge is 2.01. The topological polar surface area (TPSA) is 0 Å². The Labute approximate surface area is 104 Å². The Morgan fingerprint density at radius 1 is 1.06 bits per heavy atom. The highest BCUT2D eigenvalue weighted by atomic mass is 14.1. The predicted octanol–water partition coefficient (Wildman–Crippen LogP) is 4.93. The van der Waals surface area contributed by atoms with E-state index in [2.05, 4.69) is 62.4 Å². The van der Waals surface area contributed by atoms with E-state index in [0.29, 0.717) is 0 Å². The molecule has 0 heteroatoms. The van der Waals surface area contributed by atoms with Crippen LogP contribution < -0.4 is 0 Å². The maximum atomic E-state index is 2.33. The molecule has 1 aliphatic rings. The number of benzene rings is 1. The molecule has 0 spiro atoms. The monoisotopic (exact) mass is 224 g/mol. The Bertz CT molecular complexity index is 473. The lowest BCUT2D eigenvalue weighted by Gasteiger charge is -2.09. The summed E-state index contributed by atoms with van der Waals surface area (Å²) in [6, 6.07) is 8.62. The Balaban J connectivity index is 2.20. The van der Waals surface area contributed by atoms with Gasteiger partial charge >= 0.3 is 0 Å². The molecule has 0 aromatic heterocycles. The van der Waals surface area contributed by atoms with Crippen LogP contribution in [0.5, 0.6) is 0 Å². The first kappa shape index (κ1) is 11.9. The summed E-state index contributed by atoms with van der Waals surface area (Å²) < 4.78 is 0. The van der Waals surface area contributed by atoms with Crippen LogP contribution in [0.25, 0.3) is 6.08 Å². The minimum Gasteiger partial charge on any atom is -0.0807 e. The summed E-state index contributed by atoms with van der Waals surface area (Å²) in [6.45, 7) is 4.40. The second-order valence-electron chi connectivity index (χ2n) is 4.51. The van der Waals surface area contributed by atoms with Gasteiger partial charge in [-0.25, -0.2) is 0 Å². The van der Waals surface area contributed by atoms with E-state index in [1.165, 1.54) is 35.1 Å². The number of allylic oxidation sites excluding steroid dienone is 5. The molecule has 0 unspecified atom stereocenters. The molecule has 0 saturated heterocycles. The molecule has 0 heterocycles. The zero-order valence-electron chi connectivity index (χ0n) is 10.7. The predicted molar refractivity (Wildman–Crippen MR) is 75.9 cm³/mol. The number of hydrogen-bond donors (Lipinski definition) is 0. The van der Waals surface area contributed by atoms with Crippen molar-refractivity contribution in [3.8, 4) is 0 Å². The largest absolute Gasteiger partial charge is 0.0807 e. The Hall–Kier alpha value is -1.56. The quantitative estimate of drug-likeness (QED) is 0.683. The smallest absolute Gasteiger partial charge is 0.0224 e. The van der Waals surface area contributed by atoms with Crippen molar-refractivity contribution in [3.63, 3.8) is 0 Å². The van der Waals surface area contributed by atoms with Crippen molar-refractivity contribution in [1.82, 2.24) is 0 Å². The summed E-state index contributed by atoms with van der Waals surface area (Å²) in [4.78, 5) is 0. The van der Waals surface area contributed by atoms with Crippen LogP contribution >= 0.6 is 0 Å². The van der Waals surface area contributed by atoms with Crippen molar-refractivity contribution in [2.24, 2.45) is 0 Å². The van der Waals surface area contributed by atoms with Gasteiger partial charge < -0.3 is 0 Å². The third-order valence-electron chi connectivity index (χ3n) is 3.32. The molecule has 1 aromatic carbocycles. The summed E-state index contributed by atoms with van der Waals surface area (Å²) in [5.41, 5.74) is 5.54. The van der Waals surface area contributed by atoms with Crippen LogP contribution in [0, 0.1) is 0 Å². The van der Waals surface area contributed by atoms with Gasteiger partial charge in [0, 0.05) is 0 Å². The van der Waals surface area contributed by atoms with Gasteiger partial charge in [-0.15, -0.1) is 0 Å². The lowest BCUT2D eigenvalue weighted by molar-refractivity contribution is 1.00. The third-order valence-corrected chi connectivity index (χ3v) is 3.32. The van der Waals surface area contributed by atoms with E-state index < -0.39 is 0 Å². The van der Waals surface area contributed by atoms with E-state index in [9.17, 15) is 0 Å². The Morgan fingerprint density at radius 3 is 2.59 bits per heavy atom. The second-order valence-corrected chi connectivity index (χ2v) is 4.51. The summed E-state index contributed by atoms with van der Waals surface area (Å²) in [5, 5.41) is 0. The molecule has 17 heavy (non-hydrogen) atoms. The Morgan fingerprint density at radius 2 is 1.82 bits per heavy atom. The average Bonchev–Trinajstić information content (AvgIpc) is 2.38. The highest BCUT2D eigenvalue weighted by Crippen LogP contribution is 2.21. The fraction of sp³-hybridized carbons (Fsp3) is 0.294. The van der Waals surface area contributed by atoms with Gasteiger partial charge in [-0.2, -0.15) is 0 Å². The molecule has 0 atom stereocenters. The summed E-state index contributed by atoms with van der Waals surface area (Å²) in [7, 11) is 0. The molecule has 0 nitrogen and oxygen atoms in total. The van der Waals surface area contributed by atoms with Crippen molar-refractivity contribution >= 4 is 6.08 Å². The van der Waals surface area contributed by atoms with Crippen LogP contribution in [-0.4, -0.2) is 0 Å². The fourth-order valence-corrected chi connectivity index (χ4v) is 2.22. The van der Waals surface area contributed by atoms with Gasteiger partial charge in [-0.3, -0.25) is 0 Å².